The van der Waals surface area contributed by atoms with Crippen molar-refractivity contribution in [2.45, 2.75) is 12.1 Å². The SMILES string of the molecule is C1=CC2OC=NC2C=N1. The molecule has 0 aliphatic carbocycles. The van der Waals surface area contributed by atoms with Crippen LogP contribution < -0.4 is 0 Å². The summed E-state index contributed by atoms with van der Waals surface area (Å²) < 4.78 is 5.09. The number of hydrogen-bond acceptors (Lipinski definition) is 3. The summed E-state index contributed by atoms with van der Waals surface area (Å²) in [5.74, 6) is 0. The number of hydrogen-bond donors (Lipinski definition) is 0. The highest BCUT2D eigenvalue weighted by atomic mass is 16.5. The van der Waals surface area contributed by atoms with Gasteiger partial charge in [-0.3, -0.25) is 4.99 Å². The average molecular weight is 122 g/mol. The lowest BCUT2D eigenvalue weighted by Gasteiger charge is -2.10. The van der Waals surface area contributed by atoms with Gasteiger partial charge in [-0.2, -0.15) is 0 Å². The van der Waals surface area contributed by atoms with Gasteiger partial charge < -0.3 is 4.74 Å². The lowest BCUT2D eigenvalue weighted by Crippen LogP contribution is -2.22. The van der Waals surface area contributed by atoms with Crippen LogP contribution in [0.15, 0.2) is 22.3 Å². The Kier molecular flexibility index (Phi) is 0.886. The number of rotatable bonds is 0. The maximum absolute atomic E-state index is 5.09. The third-order valence-electron chi connectivity index (χ3n) is 1.39. The topological polar surface area (TPSA) is 34.0 Å². The van der Waals surface area contributed by atoms with E-state index in [1.165, 1.54) is 6.40 Å². The summed E-state index contributed by atoms with van der Waals surface area (Å²) >= 11 is 0. The van der Waals surface area contributed by atoms with Crippen LogP contribution in [0.2, 0.25) is 0 Å². The van der Waals surface area contributed by atoms with Gasteiger partial charge in [-0.1, -0.05) is 0 Å². The normalized spacial score (nSPS) is 36.4. The molecule has 46 valence electrons. The van der Waals surface area contributed by atoms with Crippen molar-refractivity contribution in [3.05, 3.63) is 12.3 Å². The molecule has 3 heteroatoms. The summed E-state index contributed by atoms with van der Waals surface area (Å²) in [4.78, 5) is 7.93. The minimum Gasteiger partial charge on any atom is -0.474 e. The first-order valence-electron chi connectivity index (χ1n) is 2.84. The van der Waals surface area contributed by atoms with Gasteiger partial charge >= 0.3 is 0 Å². The summed E-state index contributed by atoms with van der Waals surface area (Å²) in [6.45, 7) is 0. The van der Waals surface area contributed by atoms with Crippen molar-refractivity contribution in [1.82, 2.24) is 0 Å². The molecule has 0 aromatic heterocycles. The lowest BCUT2D eigenvalue weighted by molar-refractivity contribution is 0.271. The maximum Gasteiger partial charge on any atom is 0.171 e. The highest BCUT2D eigenvalue weighted by Crippen LogP contribution is 2.11. The summed E-state index contributed by atoms with van der Waals surface area (Å²) in [6.07, 6.45) is 7.01. The maximum atomic E-state index is 5.09. The van der Waals surface area contributed by atoms with Crippen LogP contribution in [0, 0.1) is 0 Å². The van der Waals surface area contributed by atoms with Gasteiger partial charge in [-0.15, -0.1) is 0 Å². The van der Waals surface area contributed by atoms with Gasteiger partial charge in [0.2, 0.25) is 0 Å². The number of aliphatic imine (C=N–C) groups is 2. The highest BCUT2D eigenvalue weighted by molar-refractivity contribution is 5.73. The summed E-state index contributed by atoms with van der Waals surface area (Å²) in [6, 6.07) is 0.134. The molecule has 9 heavy (non-hydrogen) atoms. The molecule has 2 aliphatic rings. The standard InChI is InChI=1S/C6H6N2O/c1-2-7-3-5-6(1)9-4-8-5/h1-6H. The van der Waals surface area contributed by atoms with Crippen molar-refractivity contribution in [2.24, 2.45) is 9.98 Å². The Morgan fingerprint density at radius 3 is 3.33 bits per heavy atom. The van der Waals surface area contributed by atoms with Gasteiger partial charge in [0, 0.05) is 12.4 Å². The van der Waals surface area contributed by atoms with Crippen LogP contribution in [0.3, 0.4) is 0 Å². The second-order valence-corrected chi connectivity index (χ2v) is 1.99. The van der Waals surface area contributed by atoms with Gasteiger partial charge in [0.25, 0.3) is 0 Å². The van der Waals surface area contributed by atoms with Crippen molar-refractivity contribution in [1.29, 1.82) is 0 Å². The molecule has 0 saturated carbocycles. The molecule has 0 fully saturated rings. The number of fused-ring (bicyclic) bond motifs is 1. The van der Waals surface area contributed by atoms with Crippen LogP contribution in [-0.2, 0) is 4.74 Å². The molecule has 2 aliphatic heterocycles. The van der Waals surface area contributed by atoms with Gasteiger partial charge in [-0.05, 0) is 6.08 Å². The van der Waals surface area contributed by atoms with E-state index in [1.54, 1.807) is 12.4 Å². The second kappa shape index (κ2) is 1.69. The molecule has 0 bridgehead atoms. The zero-order valence-electron chi connectivity index (χ0n) is 4.77. The third kappa shape index (κ3) is 0.650. The summed E-state index contributed by atoms with van der Waals surface area (Å²) in [5.41, 5.74) is 0. The van der Waals surface area contributed by atoms with E-state index in [9.17, 15) is 0 Å². The molecule has 3 nitrogen and oxygen atoms in total. The third-order valence-corrected chi connectivity index (χ3v) is 1.39. The monoisotopic (exact) mass is 122 g/mol. The van der Waals surface area contributed by atoms with Crippen LogP contribution in [0.25, 0.3) is 0 Å². The largest absolute Gasteiger partial charge is 0.474 e. The molecule has 0 spiro atoms. The Morgan fingerprint density at radius 2 is 2.44 bits per heavy atom. The van der Waals surface area contributed by atoms with Crippen molar-refractivity contribution in [3.63, 3.8) is 0 Å². The van der Waals surface area contributed by atoms with E-state index < -0.39 is 0 Å². The Morgan fingerprint density at radius 1 is 1.44 bits per heavy atom. The van der Waals surface area contributed by atoms with Crippen LogP contribution >= 0.6 is 0 Å². The molecule has 2 rings (SSSR count). The predicted octanol–water partition coefficient (Wildman–Crippen LogP) is 0.380. The zero-order valence-corrected chi connectivity index (χ0v) is 4.77. The first kappa shape index (κ1) is 4.73. The molecule has 2 unspecified atom stereocenters. The van der Waals surface area contributed by atoms with E-state index in [-0.39, 0.29) is 12.1 Å². The lowest BCUT2D eigenvalue weighted by atomic mass is 10.2. The summed E-state index contributed by atoms with van der Waals surface area (Å²) in [7, 11) is 0. The minimum absolute atomic E-state index is 0.113. The minimum atomic E-state index is 0.113. The Balaban J connectivity index is 2.25. The first-order chi connectivity index (χ1) is 4.47. The van der Waals surface area contributed by atoms with E-state index >= 15 is 0 Å². The van der Waals surface area contributed by atoms with Crippen LogP contribution in [0.5, 0.6) is 0 Å². The van der Waals surface area contributed by atoms with Crippen molar-refractivity contribution in [2.75, 3.05) is 0 Å². The Hall–Kier alpha value is -1.12. The van der Waals surface area contributed by atoms with E-state index in [0.29, 0.717) is 0 Å². The van der Waals surface area contributed by atoms with E-state index in [1.807, 2.05) is 6.08 Å². The summed E-state index contributed by atoms with van der Waals surface area (Å²) in [5, 5.41) is 0. The molecule has 0 saturated heterocycles. The molecule has 0 aromatic carbocycles. The fraction of sp³-hybridized carbons (Fsp3) is 0.333. The van der Waals surface area contributed by atoms with Gasteiger partial charge in [0.1, 0.15) is 12.1 Å². The molecular weight excluding hydrogens is 116 g/mol. The second-order valence-electron chi connectivity index (χ2n) is 1.99. The smallest absolute Gasteiger partial charge is 0.171 e. The highest BCUT2D eigenvalue weighted by Gasteiger charge is 2.22. The fourth-order valence-electron chi connectivity index (χ4n) is 0.896. The molecular formula is C6H6N2O. The van der Waals surface area contributed by atoms with Crippen molar-refractivity contribution in [3.8, 4) is 0 Å². The van der Waals surface area contributed by atoms with Crippen molar-refractivity contribution < 1.29 is 4.74 Å². The predicted molar refractivity (Wildman–Crippen MR) is 34.8 cm³/mol. The molecule has 0 amide bonds. The van der Waals surface area contributed by atoms with E-state index in [4.69, 9.17) is 4.74 Å². The van der Waals surface area contributed by atoms with Crippen LogP contribution in [-0.4, -0.2) is 24.8 Å². The molecule has 2 heterocycles. The van der Waals surface area contributed by atoms with E-state index in [0.717, 1.165) is 0 Å². The molecule has 0 N–H and O–H groups in total. The van der Waals surface area contributed by atoms with Crippen LogP contribution in [0.4, 0.5) is 0 Å². The quantitative estimate of drug-likeness (QED) is 0.457. The molecule has 0 radical (unpaired) electrons. The number of ether oxygens (including phenoxy) is 1. The van der Waals surface area contributed by atoms with Crippen LogP contribution in [0.1, 0.15) is 0 Å². The number of nitrogens with zero attached hydrogens (tertiary/aromatic N) is 2. The molecule has 0 aromatic rings. The first-order valence-corrected chi connectivity index (χ1v) is 2.84. The van der Waals surface area contributed by atoms with Gasteiger partial charge in [0.15, 0.2) is 6.40 Å². The van der Waals surface area contributed by atoms with Gasteiger partial charge in [0.05, 0.1) is 0 Å². The Bertz CT molecular complexity index is 195. The van der Waals surface area contributed by atoms with Crippen molar-refractivity contribution >= 4 is 12.6 Å². The fourth-order valence-corrected chi connectivity index (χ4v) is 0.896. The van der Waals surface area contributed by atoms with E-state index in [2.05, 4.69) is 9.98 Å². The Labute approximate surface area is 52.8 Å². The zero-order chi connectivity index (χ0) is 6.10. The molecule has 2 atom stereocenters. The average Bonchev–Trinajstić information content (AvgIpc) is 2.33. The van der Waals surface area contributed by atoms with Gasteiger partial charge in [-0.25, -0.2) is 4.99 Å².